The number of benzene rings is 2. The summed E-state index contributed by atoms with van der Waals surface area (Å²) in [5.41, 5.74) is 2.21. The summed E-state index contributed by atoms with van der Waals surface area (Å²) in [6, 6.07) is 20.0. The zero-order valence-corrected chi connectivity index (χ0v) is 18.3. The van der Waals surface area contributed by atoms with Crippen LogP contribution >= 0.6 is 11.8 Å². The molecule has 2 fully saturated rings. The fourth-order valence-electron chi connectivity index (χ4n) is 4.60. The third-order valence-electron chi connectivity index (χ3n) is 6.08. The molecule has 0 saturated carbocycles. The van der Waals surface area contributed by atoms with Gasteiger partial charge in [0.1, 0.15) is 4.93 Å². The van der Waals surface area contributed by atoms with Gasteiger partial charge in [0.25, 0.3) is 0 Å². The quantitative estimate of drug-likeness (QED) is 0.484. The molecule has 1 unspecified atom stereocenters. The maximum Gasteiger partial charge on any atom is 0.321 e. The normalized spacial score (nSPS) is 25.7. The molecule has 6 heteroatoms. The molecule has 1 N–H and O–H groups in total. The molecule has 5 nitrogen and oxygen atoms in total. The van der Waals surface area contributed by atoms with E-state index in [1.54, 1.807) is 18.9 Å². The van der Waals surface area contributed by atoms with Crippen LogP contribution in [0.4, 0.5) is 4.79 Å². The average Bonchev–Trinajstić information content (AvgIpc) is 3.24. The van der Waals surface area contributed by atoms with Crippen molar-refractivity contribution < 1.29 is 14.6 Å². The van der Waals surface area contributed by atoms with E-state index >= 15 is 0 Å². The third-order valence-corrected chi connectivity index (χ3v) is 7.54. The fraction of sp³-hybridized carbons (Fsp3) is 0.458. The van der Waals surface area contributed by atoms with E-state index in [1.807, 2.05) is 58.3 Å². The van der Waals surface area contributed by atoms with Crippen molar-refractivity contribution in [1.29, 1.82) is 0 Å². The zero-order chi connectivity index (χ0) is 21.0. The van der Waals surface area contributed by atoms with Crippen LogP contribution in [0.1, 0.15) is 30.4 Å². The molecule has 2 aliphatic rings. The van der Waals surface area contributed by atoms with Crippen LogP contribution in [0.3, 0.4) is 0 Å². The molecule has 2 aromatic carbocycles. The molecule has 2 aromatic rings. The van der Waals surface area contributed by atoms with Crippen molar-refractivity contribution >= 4 is 17.8 Å². The summed E-state index contributed by atoms with van der Waals surface area (Å²) in [7, 11) is 1.70. The van der Waals surface area contributed by atoms with Gasteiger partial charge < -0.3 is 19.6 Å². The first-order valence-corrected chi connectivity index (χ1v) is 11.6. The Kier molecular flexibility index (Phi) is 6.66. The number of carbonyl (C=O) groups excluding carboxylic acids is 1. The molecule has 0 aliphatic carbocycles. The number of methoxy groups -OCH3 is 1. The van der Waals surface area contributed by atoms with Crippen molar-refractivity contribution in [2.24, 2.45) is 0 Å². The third kappa shape index (κ3) is 4.36. The van der Waals surface area contributed by atoms with Gasteiger partial charge in [0.05, 0.1) is 12.1 Å². The Hall–Kier alpha value is -2.02. The first kappa shape index (κ1) is 21.2. The monoisotopic (exact) mass is 426 g/mol. The van der Waals surface area contributed by atoms with Crippen molar-refractivity contribution in [1.82, 2.24) is 9.80 Å². The van der Waals surface area contributed by atoms with E-state index in [0.29, 0.717) is 26.1 Å². The lowest BCUT2D eigenvalue weighted by atomic mass is 9.97. The SMILES string of the molecule is COCCCCC1(O)SC[C@H]2[C@@H]1N(Cc1ccccc1)C(=O)N2Cc1ccccc1. The van der Waals surface area contributed by atoms with Gasteiger partial charge in [-0.1, -0.05) is 60.7 Å². The highest BCUT2D eigenvalue weighted by atomic mass is 32.2. The van der Waals surface area contributed by atoms with Crippen molar-refractivity contribution in [2.45, 2.75) is 49.4 Å². The Bertz CT molecular complexity index is 835. The predicted octanol–water partition coefficient (Wildman–Crippen LogP) is 4.11. The second-order valence-corrected chi connectivity index (χ2v) is 9.46. The van der Waals surface area contributed by atoms with Crippen LogP contribution in [0.15, 0.2) is 60.7 Å². The standard InChI is InChI=1S/C24H30N2O3S/c1-29-15-9-8-14-24(28)22-21(18-30-24)25(16-19-10-4-2-5-11-19)23(27)26(22)17-20-12-6-3-7-13-20/h2-7,10-13,21-22,28H,8-9,14-18H2,1H3/t21-,22-,24?/m0/s1. The molecule has 2 heterocycles. The molecule has 0 aromatic heterocycles. The van der Waals surface area contributed by atoms with E-state index < -0.39 is 4.93 Å². The smallest absolute Gasteiger partial charge is 0.321 e. The molecule has 0 spiro atoms. The van der Waals surface area contributed by atoms with Crippen LogP contribution in [0, 0.1) is 0 Å². The number of aliphatic hydroxyl groups is 1. The van der Waals surface area contributed by atoms with E-state index in [1.165, 1.54) is 0 Å². The number of nitrogens with zero attached hydrogens (tertiary/aromatic N) is 2. The maximum atomic E-state index is 13.5. The second-order valence-electron chi connectivity index (χ2n) is 8.13. The van der Waals surface area contributed by atoms with Crippen LogP contribution in [0.5, 0.6) is 0 Å². The number of carbonyl (C=O) groups is 1. The van der Waals surface area contributed by atoms with Crippen LogP contribution < -0.4 is 0 Å². The summed E-state index contributed by atoms with van der Waals surface area (Å²) in [6.45, 7) is 1.79. The number of unbranched alkanes of at least 4 members (excludes halogenated alkanes) is 1. The molecule has 0 bridgehead atoms. The Morgan fingerprint density at radius 1 is 1.00 bits per heavy atom. The summed E-state index contributed by atoms with van der Waals surface area (Å²) in [4.78, 5) is 16.4. The van der Waals surface area contributed by atoms with Gasteiger partial charge in [-0.3, -0.25) is 0 Å². The summed E-state index contributed by atoms with van der Waals surface area (Å²) in [6.07, 6.45) is 2.46. The fourth-order valence-corrected chi connectivity index (χ4v) is 6.17. The summed E-state index contributed by atoms with van der Waals surface area (Å²) >= 11 is 1.60. The first-order valence-electron chi connectivity index (χ1n) is 10.6. The van der Waals surface area contributed by atoms with Gasteiger partial charge in [0.15, 0.2) is 0 Å². The van der Waals surface area contributed by atoms with Crippen molar-refractivity contribution in [3.05, 3.63) is 71.8 Å². The molecule has 3 atom stereocenters. The minimum Gasteiger partial charge on any atom is -0.385 e. The molecule has 2 saturated heterocycles. The van der Waals surface area contributed by atoms with Gasteiger partial charge in [0, 0.05) is 32.6 Å². The van der Waals surface area contributed by atoms with Crippen LogP contribution in [0.2, 0.25) is 0 Å². The lowest BCUT2D eigenvalue weighted by Crippen LogP contribution is -2.48. The van der Waals surface area contributed by atoms with Gasteiger partial charge >= 0.3 is 6.03 Å². The van der Waals surface area contributed by atoms with E-state index in [-0.39, 0.29) is 18.1 Å². The van der Waals surface area contributed by atoms with Gasteiger partial charge in [-0.05, 0) is 30.4 Å². The van der Waals surface area contributed by atoms with Crippen LogP contribution in [-0.2, 0) is 17.8 Å². The maximum absolute atomic E-state index is 13.5. The number of urea groups is 1. The summed E-state index contributed by atoms with van der Waals surface area (Å²) in [5.74, 6) is 0.759. The molecular weight excluding hydrogens is 396 g/mol. The van der Waals surface area contributed by atoms with Crippen LogP contribution in [-0.4, -0.2) is 57.4 Å². The molecular formula is C24H30N2O3S. The highest BCUT2D eigenvalue weighted by Gasteiger charge is 2.59. The number of hydrogen-bond acceptors (Lipinski definition) is 4. The van der Waals surface area contributed by atoms with E-state index in [4.69, 9.17) is 4.74 Å². The summed E-state index contributed by atoms with van der Waals surface area (Å²) in [5, 5.41) is 11.6. The highest BCUT2D eigenvalue weighted by Crippen LogP contribution is 2.48. The van der Waals surface area contributed by atoms with E-state index in [0.717, 1.165) is 29.7 Å². The number of amides is 2. The molecule has 2 aliphatic heterocycles. The molecule has 0 radical (unpaired) electrons. The van der Waals surface area contributed by atoms with Gasteiger partial charge in [0.2, 0.25) is 0 Å². The molecule has 4 rings (SSSR count). The number of hydrogen-bond donors (Lipinski definition) is 1. The molecule has 2 amide bonds. The lowest BCUT2D eigenvalue weighted by Gasteiger charge is -2.34. The minimum atomic E-state index is -0.922. The topological polar surface area (TPSA) is 53.0 Å². The van der Waals surface area contributed by atoms with Crippen LogP contribution in [0.25, 0.3) is 0 Å². The minimum absolute atomic E-state index is 0.0128. The lowest BCUT2D eigenvalue weighted by molar-refractivity contribution is 0.0409. The van der Waals surface area contributed by atoms with Gasteiger partial charge in [-0.15, -0.1) is 11.8 Å². The number of thioether (sulfide) groups is 1. The second kappa shape index (κ2) is 9.41. The Balaban J connectivity index is 1.58. The highest BCUT2D eigenvalue weighted by molar-refractivity contribution is 8.00. The summed E-state index contributed by atoms with van der Waals surface area (Å²) < 4.78 is 5.17. The largest absolute Gasteiger partial charge is 0.385 e. The van der Waals surface area contributed by atoms with Gasteiger partial charge in [-0.25, -0.2) is 4.79 Å². The van der Waals surface area contributed by atoms with Crippen molar-refractivity contribution in [2.75, 3.05) is 19.5 Å². The molecule has 30 heavy (non-hydrogen) atoms. The van der Waals surface area contributed by atoms with E-state index in [2.05, 4.69) is 12.1 Å². The average molecular weight is 427 g/mol. The zero-order valence-electron chi connectivity index (χ0n) is 17.4. The Labute approximate surface area is 183 Å². The Morgan fingerprint density at radius 3 is 2.20 bits per heavy atom. The number of fused-ring (bicyclic) bond motifs is 1. The number of ether oxygens (including phenoxy) is 1. The predicted molar refractivity (Wildman–Crippen MR) is 120 cm³/mol. The number of rotatable bonds is 9. The first-order chi connectivity index (χ1) is 14.6. The molecule has 160 valence electrons. The van der Waals surface area contributed by atoms with Crippen molar-refractivity contribution in [3.8, 4) is 0 Å². The Morgan fingerprint density at radius 2 is 1.60 bits per heavy atom. The van der Waals surface area contributed by atoms with Crippen molar-refractivity contribution in [3.63, 3.8) is 0 Å². The van der Waals surface area contributed by atoms with Gasteiger partial charge in [-0.2, -0.15) is 0 Å². The van der Waals surface area contributed by atoms with E-state index in [9.17, 15) is 9.90 Å².